The molecule has 3 aromatic carbocycles. The van der Waals surface area contributed by atoms with Crippen LogP contribution >= 0.6 is 31.9 Å². The summed E-state index contributed by atoms with van der Waals surface area (Å²) in [6.45, 7) is 0. The summed E-state index contributed by atoms with van der Waals surface area (Å²) in [4.78, 5) is 28.5. The summed E-state index contributed by atoms with van der Waals surface area (Å²) in [7, 11) is 0. The first kappa shape index (κ1) is 18.3. The fourth-order valence-corrected chi connectivity index (χ4v) is 4.42. The van der Waals surface area contributed by atoms with Gasteiger partial charge in [-0.05, 0) is 48.0 Å². The highest BCUT2D eigenvalue weighted by Gasteiger charge is 2.43. The number of benzene rings is 3. The summed E-state index contributed by atoms with van der Waals surface area (Å²) in [5, 5.41) is 0.470. The molecule has 0 saturated carbocycles. The molecule has 0 bridgehead atoms. The SMILES string of the molecule is O=C1c2oc3ccccc3c(=O)c2C(c2ccc(Br)cc2)N1c1cccc(Br)c1. The molecule has 1 aliphatic rings. The Bertz CT molecular complexity index is 1330. The monoisotopic (exact) mass is 509 g/mol. The van der Waals surface area contributed by atoms with Crippen molar-refractivity contribution in [2.24, 2.45) is 0 Å². The predicted molar refractivity (Wildman–Crippen MR) is 119 cm³/mol. The van der Waals surface area contributed by atoms with Crippen molar-refractivity contribution in [2.75, 3.05) is 4.90 Å². The molecule has 29 heavy (non-hydrogen) atoms. The van der Waals surface area contributed by atoms with Gasteiger partial charge in [-0.15, -0.1) is 0 Å². The number of halogens is 2. The second kappa shape index (κ2) is 6.97. The van der Waals surface area contributed by atoms with Crippen LogP contribution in [0.3, 0.4) is 0 Å². The molecule has 4 aromatic rings. The van der Waals surface area contributed by atoms with E-state index < -0.39 is 6.04 Å². The zero-order valence-electron chi connectivity index (χ0n) is 14.9. The third-order valence-corrected chi connectivity index (χ3v) is 6.07. The topological polar surface area (TPSA) is 50.5 Å². The number of para-hydroxylation sites is 1. The number of fused-ring (bicyclic) bond motifs is 2. The van der Waals surface area contributed by atoms with Crippen LogP contribution in [0.5, 0.6) is 0 Å². The molecule has 0 N–H and O–H groups in total. The molecule has 2 heterocycles. The molecular formula is C23H13Br2NO3. The number of carbonyl (C=O) groups is 1. The van der Waals surface area contributed by atoms with E-state index in [1.165, 1.54) is 0 Å². The average molecular weight is 511 g/mol. The van der Waals surface area contributed by atoms with E-state index in [0.29, 0.717) is 22.2 Å². The van der Waals surface area contributed by atoms with E-state index in [1.807, 2.05) is 48.5 Å². The van der Waals surface area contributed by atoms with Gasteiger partial charge in [0.25, 0.3) is 5.91 Å². The van der Waals surface area contributed by atoms with Crippen LogP contribution in [0.15, 0.2) is 91.0 Å². The molecule has 0 radical (unpaired) electrons. The van der Waals surface area contributed by atoms with Gasteiger partial charge in [0.2, 0.25) is 5.76 Å². The maximum Gasteiger partial charge on any atom is 0.295 e. The second-order valence-electron chi connectivity index (χ2n) is 6.78. The van der Waals surface area contributed by atoms with Crippen molar-refractivity contribution in [1.82, 2.24) is 0 Å². The minimum absolute atomic E-state index is 0.0987. The van der Waals surface area contributed by atoms with E-state index in [2.05, 4.69) is 31.9 Å². The zero-order valence-corrected chi connectivity index (χ0v) is 18.1. The highest BCUT2D eigenvalue weighted by molar-refractivity contribution is 9.10. The Hall–Kier alpha value is -2.70. The first-order valence-electron chi connectivity index (χ1n) is 8.95. The van der Waals surface area contributed by atoms with E-state index in [9.17, 15) is 9.59 Å². The van der Waals surface area contributed by atoms with Gasteiger partial charge in [0.1, 0.15) is 5.58 Å². The largest absolute Gasteiger partial charge is 0.450 e. The number of nitrogens with zero attached hydrogens (tertiary/aromatic N) is 1. The van der Waals surface area contributed by atoms with E-state index in [-0.39, 0.29) is 17.1 Å². The Morgan fingerprint density at radius 2 is 1.59 bits per heavy atom. The smallest absolute Gasteiger partial charge is 0.295 e. The van der Waals surface area contributed by atoms with Gasteiger partial charge in [-0.2, -0.15) is 0 Å². The highest BCUT2D eigenvalue weighted by Crippen LogP contribution is 2.41. The molecule has 1 atom stereocenters. The molecule has 0 fully saturated rings. The average Bonchev–Trinajstić information content (AvgIpc) is 3.02. The molecule has 0 spiro atoms. The van der Waals surface area contributed by atoms with Gasteiger partial charge >= 0.3 is 0 Å². The minimum atomic E-state index is -0.569. The van der Waals surface area contributed by atoms with Crippen LogP contribution in [0.25, 0.3) is 11.0 Å². The van der Waals surface area contributed by atoms with Crippen molar-refractivity contribution < 1.29 is 9.21 Å². The van der Waals surface area contributed by atoms with E-state index in [0.717, 1.165) is 14.5 Å². The summed E-state index contributed by atoms with van der Waals surface area (Å²) in [6.07, 6.45) is 0. The molecule has 0 aliphatic carbocycles. The first-order valence-corrected chi connectivity index (χ1v) is 10.5. The fraction of sp³-hybridized carbons (Fsp3) is 0.0435. The molecule has 1 aromatic heterocycles. The van der Waals surface area contributed by atoms with Crippen molar-refractivity contribution in [3.63, 3.8) is 0 Å². The normalized spacial score (nSPS) is 15.7. The van der Waals surface area contributed by atoms with Crippen molar-refractivity contribution in [3.8, 4) is 0 Å². The molecule has 1 amide bonds. The third kappa shape index (κ3) is 2.94. The van der Waals surface area contributed by atoms with Crippen LogP contribution in [-0.4, -0.2) is 5.91 Å². The summed E-state index contributed by atoms with van der Waals surface area (Å²) < 4.78 is 7.71. The maximum absolute atomic E-state index is 13.4. The number of hydrogen-bond donors (Lipinski definition) is 0. The lowest BCUT2D eigenvalue weighted by Crippen LogP contribution is -2.29. The van der Waals surface area contributed by atoms with Gasteiger partial charge in [0, 0.05) is 14.6 Å². The number of amides is 1. The molecule has 5 rings (SSSR count). The number of hydrogen-bond acceptors (Lipinski definition) is 3. The Morgan fingerprint density at radius 3 is 2.34 bits per heavy atom. The van der Waals surface area contributed by atoms with E-state index >= 15 is 0 Å². The third-order valence-electron chi connectivity index (χ3n) is 5.05. The Labute approximate surface area is 183 Å². The number of anilines is 1. The highest BCUT2D eigenvalue weighted by atomic mass is 79.9. The Balaban J connectivity index is 1.82. The van der Waals surface area contributed by atoms with Crippen molar-refractivity contribution in [1.29, 1.82) is 0 Å². The lowest BCUT2D eigenvalue weighted by Gasteiger charge is -2.25. The standard InChI is InChI=1S/C23H13Br2NO3/c24-14-10-8-13(9-11-14)20-19-21(27)17-6-1-2-7-18(17)29-22(19)23(28)26(20)16-5-3-4-15(25)12-16/h1-12,20H. The zero-order chi connectivity index (χ0) is 20.1. The molecule has 0 saturated heterocycles. The fourth-order valence-electron chi connectivity index (χ4n) is 3.77. The van der Waals surface area contributed by atoms with Gasteiger partial charge in [-0.1, -0.05) is 62.2 Å². The maximum atomic E-state index is 13.4. The van der Waals surface area contributed by atoms with Crippen LogP contribution in [-0.2, 0) is 0 Å². The second-order valence-corrected chi connectivity index (χ2v) is 8.61. The lowest BCUT2D eigenvalue weighted by atomic mass is 9.98. The summed E-state index contributed by atoms with van der Waals surface area (Å²) in [5.74, 6) is -0.226. The number of rotatable bonds is 2. The van der Waals surface area contributed by atoms with Crippen molar-refractivity contribution in [3.05, 3.63) is 109 Å². The quantitative estimate of drug-likeness (QED) is 0.329. The van der Waals surface area contributed by atoms with Gasteiger partial charge in [-0.25, -0.2) is 0 Å². The summed E-state index contributed by atoms with van der Waals surface area (Å²) in [6, 6.07) is 21.5. The number of carbonyl (C=O) groups excluding carboxylic acids is 1. The van der Waals surface area contributed by atoms with E-state index in [4.69, 9.17) is 4.42 Å². The van der Waals surface area contributed by atoms with Crippen LogP contribution < -0.4 is 10.3 Å². The van der Waals surface area contributed by atoms with Gasteiger partial charge in [0.15, 0.2) is 5.43 Å². The van der Waals surface area contributed by atoms with E-state index in [1.54, 1.807) is 29.2 Å². The van der Waals surface area contributed by atoms with Gasteiger partial charge < -0.3 is 4.42 Å². The van der Waals surface area contributed by atoms with Crippen molar-refractivity contribution >= 4 is 54.4 Å². The molecular weight excluding hydrogens is 498 g/mol. The summed E-state index contributed by atoms with van der Waals surface area (Å²) >= 11 is 6.92. The molecule has 1 unspecified atom stereocenters. The molecule has 6 heteroatoms. The molecule has 4 nitrogen and oxygen atoms in total. The minimum Gasteiger partial charge on any atom is -0.450 e. The molecule has 1 aliphatic heterocycles. The Kier molecular flexibility index (Phi) is 4.41. The lowest BCUT2D eigenvalue weighted by molar-refractivity contribution is 0.0971. The van der Waals surface area contributed by atoms with Crippen LogP contribution in [0.4, 0.5) is 5.69 Å². The van der Waals surface area contributed by atoms with Crippen molar-refractivity contribution in [2.45, 2.75) is 6.04 Å². The predicted octanol–water partition coefficient (Wildman–Crippen LogP) is 6.07. The van der Waals surface area contributed by atoms with Crippen LogP contribution in [0.2, 0.25) is 0 Å². The van der Waals surface area contributed by atoms with Crippen LogP contribution in [0, 0.1) is 0 Å². The van der Waals surface area contributed by atoms with Gasteiger partial charge in [0.05, 0.1) is 17.0 Å². The summed E-state index contributed by atoms with van der Waals surface area (Å²) in [5.41, 5.74) is 2.13. The molecule has 142 valence electrons. The Morgan fingerprint density at radius 1 is 0.828 bits per heavy atom. The van der Waals surface area contributed by atoms with Gasteiger partial charge in [-0.3, -0.25) is 14.5 Å². The van der Waals surface area contributed by atoms with Crippen LogP contribution in [0.1, 0.15) is 27.7 Å². The first-order chi connectivity index (χ1) is 14.0.